The van der Waals surface area contributed by atoms with Crippen molar-refractivity contribution in [1.82, 2.24) is 14.6 Å². The lowest BCUT2D eigenvalue weighted by atomic mass is 10.2. The van der Waals surface area contributed by atoms with Crippen molar-refractivity contribution in [3.05, 3.63) is 27.7 Å². The highest BCUT2D eigenvalue weighted by atomic mass is 35.5. The first-order valence-corrected chi connectivity index (χ1v) is 5.57. The molecule has 5 heteroatoms. The highest BCUT2D eigenvalue weighted by Crippen LogP contribution is 2.29. The largest absolute Gasteiger partial charge is 0.232 e. The second-order valence-electron chi connectivity index (χ2n) is 3.99. The monoisotopic (exact) mass is 232 g/mol. The molecule has 2 heterocycles. The van der Waals surface area contributed by atoms with Gasteiger partial charge in [0.25, 0.3) is 0 Å². The molecule has 1 aliphatic rings. The molecule has 0 saturated heterocycles. The van der Waals surface area contributed by atoms with E-state index in [2.05, 4.69) is 16.2 Å². The first kappa shape index (κ1) is 9.61. The van der Waals surface area contributed by atoms with E-state index in [9.17, 15) is 0 Å². The third kappa shape index (κ3) is 1.09. The Balaban J connectivity index is 2.46. The topological polar surface area (TPSA) is 54.0 Å². The Morgan fingerprint density at radius 2 is 2.25 bits per heavy atom. The van der Waals surface area contributed by atoms with Gasteiger partial charge in [-0.05, 0) is 26.2 Å². The zero-order chi connectivity index (χ0) is 11.3. The number of halogens is 1. The molecular formula is C11H9ClN4. The molecule has 2 aromatic heterocycles. The molecule has 0 atom stereocenters. The summed E-state index contributed by atoms with van der Waals surface area (Å²) in [6.45, 7) is 1.80. The van der Waals surface area contributed by atoms with E-state index in [0.29, 0.717) is 22.1 Å². The fourth-order valence-electron chi connectivity index (χ4n) is 2.22. The average Bonchev–Trinajstić information content (AvgIpc) is 2.83. The van der Waals surface area contributed by atoms with E-state index in [1.54, 1.807) is 11.4 Å². The number of nitrogens with zero attached hydrogens (tertiary/aromatic N) is 4. The van der Waals surface area contributed by atoms with Gasteiger partial charge in [-0.1, -0.05) is 11.6 Å². The summed E-state index contributed by atoms with van der Waals surface area (Å²) in [5, 5.41) is 13.9. The molecule has 0 bridgehead atoms. The van der Waals surface area contributed by atoms with Crippen molar-refractivity contribution in [2.24, 2.45) is 0 Å². The minimum atomic E-state index is 0.525. The molecule has 2 aromatic rings. The van der Waals surface area contributed by atoms with Gasteiger partial charge in [-0.25, -0.2) is 9.50 Å². The predicted octanol–water partition coefficient (Wildman–Crippen LogP) is 2.05. The van der Waals surface area contributed by atoms with E-state index >= 15 is 0 Å². The highest BCUT2D eigenvalue weighted by molar-refractivity contribution is 6.30. The Kier molecular flexibility index (Phi) is 1.92. The summed E-state index contributed by atoms with van der Waals surface area (Å²) >= 11 is 6.28. The maximum atomic E-state index is 9.06. The Morgan fingerprint density at radius 1 is 1.44 bits per heavy atom. The van der Waals surface area contributed by atoms with Crippen LogP contribution in [0.2, 0.25) is 5.15 Å². The summed E-state index contributed by atoms with van der Waals surface area (Å²) in [6, 6.07) is 2.13. The van der Waals surface area contributed by atoms with Gasteiger partial charge >= 0.3 is 0 Å². The second-order valence-corrected chi connectivity index (χ2v) is 4.35. The maximum absolute atomic E-state index is 9.06. The number of aromatic nitrogens is 3. The van der Waals surface area contributed by atoms with Crippen LogP contribution in [0.3, 0.4) is 0 Å². The molecule has 0 N–H and O–H groups in total. The fourth-order valence-corrected chi connectivity index (χ4v) is 2.54. The van der Waals surface area contributed by atoms with E-state index in [-0.39, 0.29) is 0 Å². The minimum absolute atomic E-state index is 0.525. The third-order valence-corrected chi connectivity index (χ3v) is 3.40. The van der Waals surface area contributed by atoms with Crippen LogP contribution in [0.1, 0.15) is 28.9 Å². The lowest BCUT2D eigenvalue weighted by Crippen LogP contribution is -1.99. The molecule has 4 nitrogen and oxygen atoms in total. The summed E-state index contributed by atoms with van der Waals surface area (Å²) in [5.41, 5.74) is 3.90. The smallest absolute Gasteiger partial charge is 0.175 e. The molecule has 0 unspecified atom stereocenters. The van der Waals surface area contributed by atoms with Crippen LogP contribution in [-0.4, -0.2) is 14.6 Å². The predicted molar refractivity (Wildman–Crippen MR) is 59.5 cm³/mol. The van der Waals surface area contributed by atoms with Crippen molar-refractivity contribution in [1.29, 1.82) is 5.26 Å². The van der Waals surface area contributed by atoms with Crippen molar-refractivity contribution < 1.29 is 0 Å². The van der Waals surface area contributed by atoms with Crippen LogP contribution in [0.15, 0.2) is 0 Å². The number of rotatable bonds is 0. The van der Waals surface area contributed by atoms with E-state index in [4.69, 9.17) is 16.9 Å². The van der Waals surface area contributed by atoms with Crippen LogP contribution in [0.5, 0.6) is 0 Å². The van der Waals surface area contributed by atoms with Crippen molar-refractivity contribution in [3.8, 4) is 6.07 Å². The molecule has 0 aliphatic heterocycles. The Bertz CT molecular complexity index is 636. The Hall–Kier alpha value is -1.60. The average molecular weight is 233 g/mol. The standard InChI is InChI=1S/C11H9ClN4/c1-6-8(5-13)11-14-9-4-2-3-7(9)10(12)16(11)15-6/h2-4H2,1H3. The summed E-state index contributed by atoms with van der Waals surface area (Å²) in [7, 11) is 0. The Morgan fingerprint density at radius 3 is 3.00 bits per heavy atom. The zero-order valence-electron chi connectivity index (χ0n) is 8.79. The van der Waals surface area contributed by atoms with Gasteiger partial charge in [-0.15, -0.1) is 0 Å². The van der Waals surface area contributed by atoms with Crippen LogP contribution in [-0.2, 0) is 12.8 Å². The van der Waals surface area contributed by atoms with Gasteiger partial charge in [0.05, 0.1) is 5.69 Å². The van der Waals surface area contributed by atoms with Gasteiger partial charge in [-0.2, -0.15) is 10.4 Å². The van der Waals surface area contributed by atoms with Gasteiger partial charge in [0.1, 0.15) is 16.8 Å². The van der Waals surface area contributed by atoms with Crippen LogP contribution in [0, 0.1) is 18.3 Å². The van der Waals surface area contributed by atoms with Gasteiger partial charge in [0, 0.05) is 11.3 Å². The number of nitriles is 1. The van der Waals surface area contributed by atoms with Crippen LogP contribution >= 0.6 is 11.6 Å². The first-order chi connectivity index (χ1) is 7.72. The van der Waals surface area contributed by atoms with Gasteiger partial charge in [-0.3, -0.25) is 0 Å². The Labute approximate surface area is 97.5 Å². The van der Waals surface area contributed by atoms with Gasteiger partial charge in [0.2, 0.25) is 0 Å². The molecule has 0 amide bonds. The second kappa shape index (κ2) is 3.19. The lowest BCUT2D eigenvalue weighted by Gasteiger charge is -2.03. The number of aryl methyl sites for hydroxylation is 2. The first-order valence-electron chi connectivity index (χ1n) is 5.19. The molecule has 16 heavy (non-hydrogen) atoms. The van der Waals surface area contributed by atoms with Gasteiger partial charge in [0.15, 0.2) is 5.65 Å². The molecule has 0 fully saturated rings. The molecule has 1 aliphatic carbocycles. The molecule has 0 radical (unpaired) electrons. The summed E-state index contributed by atoms with van der Waals surface area (Å²) in [4.78, 5) is 4.50. The van der Waals surface area contributed by atoms with E-state index in [0.717, 1.165) is 30.5 Å². The van der Waals surface area contributed by atoms with Crippen molar-refractivity contribution in [3.63, 3.8) is 0 Å². The number of hydrogen-bond donors (Lipinski definition) is 0. The third-order valence-electron chi connectivity index (χ3n) is 3.01. The highest BCUT2D eigenvalue weighted by Gasteiger charge is 2.22. The quantitative estimate of drug-likeness (QED) is 0.654. The summed E-state index contributed by atoms with van der Waals surface area (Å²) < 4.78 is 1.58. The number of fused-ring (bicyclic) bond motifs is 2. The summed E-state index contributed by atoms with van der Waals surface area (Å²) in [5.74, 6) is 0. The zero-order valence-corrected chi connectivity index (χ0v) is 9.54. The van der Waals surface area contributed by atoms with E-state index in [1.807, 2.05) is 0 Å². The molecule has 0 aromatic carbocycles. The maximum Gasteiger partial charge on any atom is 0.175 e. The number of hydrogen-bond acceptors (Lipinski definition) is 3. The SMILES string of the molecule is Cc1nn2c(Cl)c3c(nc2c1C#N)CCC3. The van der Waals surface area contributed by atoms with E-state index < -0.39 is 0 Å². The van der Waals surface area contributed by atoms with Crippen molar-refractivity contribution in [2.75, 3.05) is 0 Å². The molecule has 0 spiro atoms. The normalized spacial score (nSPS) is 14.1. The minimum Gasteiger partial charge on any atom is -0.232 e. The van der Waals surface area contributed by atoms with Crippen molar-refractivity contribution in [2.45, 2.75) is 26.2 Å². The summed E-state index contributed by atoms with van der Waals surface area (Å²) in [6.07, 6.45) is 2.98. The van der Waals surface area contributed by atoms with Crippen LogP contribution < -0.4 is 0 Å². The molecule has 80 valence electrons. The van der Waals surface area contributed by atoms with Crippen LogP contribution in [0.4, 0.5) is 0 Å². The van der Waals surface area contributed by atoms with Gasteiger partial charge < -0.3 is 0 Å². The molecule has 3 rings (SSSR count). The molecular weight excluding hydrogens is 224 g/mol. The fraction of sp³-hybridized carbons (Fsp3) is 0.364. The van der Waals surface area contributed by atoms with E-state index in [1.165, 1.54) is 0 Å². The lowest BCUT2D eigenvalue weighted by molar-refractivity contribution is 0.895. The van der Waals surface area contributed by atoms with Crippen molar-refractivity contribution >= 4 is 17.2 Å². The molecule has 0 saturated carbocycles. The van der Waals surface area contributed by atoms with Crippen LogP contribution in [0.25, 0.3) is 5.65 Å².